The maximum absolute atomic E-state index is 12.5. The Morgan fingerprint density at radius 2 is 2.12 bits per heavy atom. The summed E-state index contributed by atoms with van der Waals surface area (Å²) in [6.07, 6.45) is 4.34. The zero-order valence-electron chi connectivity index (χ0n) is 11.3. The molecule has 1 aliphatic carbocycles. The number of nitrogens with zero attached hydrogens (tertiary/aromatic N) is 1. The van der Waals surface area contributed by atoms with Crippen LogP contribution in [0.1, 0.15) is 46.5 Å². The van der Waals surface area contributed by atoms with E-state index in [-0.39, 0.29) is 17.6 Å². The summed E-state index contributed by atoms with van der Waals surface area (Å²) < 4.78 is 5.30. The standard InChI is InChI=1S/C13H24N2O2/c1-5-11-14-13(3,6-2)12(16)15(11)9-7-10(8-9)17-4/h9-11,14H,5-8H2,1-4H3. The van der Waals surface area contributed by atoms with E-state index in [9.17, 15) is 4.79 Å². The fourth-order valence-corrected chi connectivity index (χ4v) is 2.86. The van der Waals surface area contributed by atoms with Crippen molar-refractivity contribution < 1.29 is 9.53 Å². The first-order valence-electron chi connectivity index (χ1n) is 6.69. The average molecular weight is 240 g/mol. The molecule has 1 saturated heterocycles. The summed E-state index contributed by atoms with van der Waals surface area (Å²) in [7, 11) is 1.75. The number of carbonyl (C=O) groups is 1. The lowest BCUT2D eigenvalue weighted by molar-refractivity contribution is -0.140. The molecule has 0 aromatic heterocycles. The van der Waals surface area contributed by atoms with Gasteiger partial charge < -0.3 is 9.64 Å². The Hall–Kier alpha value is -0.610. The number of carbonyl (C=O) groups excluding carboxylic acids is 1. The van der Waals surface area contributed by atoms with Crippen LogP contribution >= 0.6 is 0 Å². The summed E-state index contributed by atoms with van der Waals surface area (Å²) in [5.74, 6) is 0.270. The quantitative estimate of drug-likeness (QED) is 0.809. The van der Waals surface area contributed by atoms with Gasteiger partial charge >= 0.3 is 0 Å². The third-order valence-corrected chi connectivity index (χ3v) is 4.42. The molecule has 98 valence electrons. The van der Waals surface area contributed by atoms with Crippen LogP contribution in [0.4, 0.5) is 0 Å². The van der Waals surface area contributed by atoms with E-state index < -0.39 is 0 Å². The van der Waals surface area contributed by atoms with Gasteiger partial charge in [0.25, 0.3) is 0 Å². The van der Waals surface area contributed by atoms with Gasteiger partial charge in [-0.25, -0.2) is 0 Å². The zero-order valence-corrected chi connectivity index (χ0v) is 11.3. The topological polar surface area (TPSA) is 41.6 Å². The highest BCUT2D eigenvalue weighted by Gasteiger charge is 2.51. The van der Waals surface area contributed by atoms with Gasteiger partial charge in [0.15, 0.2) is 0 Å². The molecule has 1 heterocycles. The number of rotatable bonds is 4. The highest BCUT2D eigenvalue weighted by atomic mass is 16.5. The molecule has 2 atom stereocenters. The van der Waals surface area contributed by atoms with Crippen molar-refractivity contribution in [1.82, 2.24) is 10.2 Å². The molecule has 0 spiro atoms. The Balaban J connectivity index is 2.08. The van der Waals surface area contributed by atoms with Crippen LogP contribution in [0.25, 0.3) is 0 Å². The molecule has 2 fully saturated rings. The minimum atomic E-state index is -0.362. The molecule has 0 aromatic carbocycles. The second-order valence-corrected chi connectivity index (χ2v) is 5.45. The van der Waals surface area contributed by atoms with E-state index in [0.717, 1.165) is 25.7 Å². The summed E-state index contributed by atoms with van der Waals surface area (Å²) in [5, 5.41) is 3.48. The van der Waals surface area contributed by atoms with Gasteiger partial charge in [-0.2, -0.15) is 0 Å². The van der Waals surface area contributed by atoms with Gasteiger partial charge in [0.05, 0.1) is 17.8 Å². The monoisotopic (exact) mass is 240 g/mol. The van der Waals surface area contributed by atoms with Crippen LogP contribution in [0.5, 0.6) is 0 Å². The maximum atomic E-state index is 12.5. The molecule has 0 aromatic rings. The molecule has 1 aliphatic heterocycles. The van der Waals surface area contributed by atoms with Gasteiger partial charge in [-0.05, 0) is 32.6 Å². The van der Waals surface area contributed by atoms with Crippen LogP contribution < -0.4 is 5.32 Å². The molecule has 1 N–H and O–H groups in total. The minimum Gasteiger partial charge on any atom is -0.381 e. The SMILES string of the molecule is CCC1NC(C)(CC)C(=O)N1C1CC(OC)C1. The number of nitrogens with one attached hydrogen (secondary N) is 1. The molecule has 4 heteroatoms. The maximum Gasteiger partial charge on any atom is 0.244 e. The van der Waals surface area contributed by atoms with Crippen molar-refractivity contribution in [3.8, 4) is 0 Å². The van der Waals surface area contributed by atoms with E-state index in [0.29, 0.717) is 12.1 Å². The summed E-state index contributed by atoms with van der Waals surface area (Å²) >= 11 is 0. The van der Waals surface area contributed by atoms with Crippen LogP contribution in [0.2, 0.25) is 0 Å². The van der Waals surface area contributed by atoms with Crippen molar-refractivity contribution in [1.29, 1.82) is 0 Å². The Morgan fingerprint density at radius 3 is 2.59 bits per heavy atom. The molecule has 1 saturated carbocycles. The highest BCUT2D eigenvalue weighted by molar-refractivity contribution is 5.88. The van der Waals surface area contributed by atoms with Crippen LogP contribution in [0.3, 0.4) is 0 Å². The van der Waals surface area contributed by atoms with E-state index in [1.165, 1.54) is 0 Å². The van der Waals surface area contributed by atoms with E-state index >= 15 is 0 Å². The lowest BCUT2D eigenvalue weighted by Crippen LogP contribution is -2.53. The Bertz CT molecular complexity index is 302. The number of methoxy groups -OCH3 is 1. The zero-order chi connectivity index (χ0) is 12.6. The summed E-state index contributed by atoms with van der Waals surface area (Å²) in [6.45, 7) is 6.22. The van der Waals surface area contributed by atoms with Gasteiger partial charge in [-0.3, -0.25) is 10.1 Å². The molecule has 4 nitrogen and oxygen atoms in total. The van der Waals surface area contributed by atoms with Crippen molar-refractivity contribution in [2.75, 3.05) is 7.11 Å². The first kappa shape index (κ1) is 12.8. The predicted octanol–water partition coefficient (Wildman–Crippen LogP) is 1.50. The summed E-state index contributed by atoms with van der Waals surface area (Å²) in [5.41, 5.74) is -0.362. The molecule has 0 bridgehead atoms. The highest BCUT2D eigenvalue weighted by Crippen LogP contribution is 2.35. The smallest absolute Gasteiger partial charge is 0.244 e. The fourth-order valence-electron chi connectivity index (χ4n) is 2.86. The first-order valence-corrected chi connectivity index (χ1v) is 6.69. The largest absolute Gasteiger partial charge is 0.381 e. The van der Waals surface area contributed by atoms with Gasteiger partial charge in [0.2, 0.25) is 5.91 Å². The third kappa shape index (κ3) is 1.97. The molecule has 0 radical (unpaired) electrons. The molecular formula is C13H24N2O2. The Labute approximate surface area is 104 Å². The first-order chi connectivity index (χ1) is 8.05. The van der Waals surface area contributed by atoms with Crippen LogP contribution in [-0.4, -0.2) is 41.8 Å². The number of ether oxygens (including phenoxy) is 1. The van der Waals surface area contributed by atoms with Crippen molar-refractivity contribution in [2.24, 2.45) is 0 Å². The van der Waals surface area contributed by atoms with Crippen molar-refractivity contribution in [3.05, 3.63) is 0 Å². The van der Waals surface area contributed by atoms with Gasteiger partial charge in [-0.1, -0.05) is 13.8 Å². The van der Waals surface area contributed by atoms with Crippen molar-refractivity contribution >= 4 is 5.91 Å². The third-order valence-electron chi connectivity index (χ3n) is 4.42. The molecule has 1 amide bonds. The predicted molar refractivity (Wildman–Crippen MR) is 66.6 cm³/mol. The molecular weight excluding hydrogens is 216 g/mol. The van der Waals surface area contributed by atoms with E-state index in [2.05, 4.69) is 24.1 Å². The second-order valence-electron chi connectivity index (χ2n) is 5.45. The Kier molecular flexibility index (Phi) is 3.46. The molecule has 2 rings (SSSR count). The lowest BCUT2D eigenvalue weighted by atomic mass is 9.86. The molecule has 17 heavy (non-hydrogen) atoms. The van der Waals surface area contributed by atoms with E-state index in [4.69, 9.17) is 4.74 Å². The number of hydrogen-bond acceptors (Lipinski definition) is 3. The van der Waals surface area contributed by atoms with Crippen molar-refractivity contribution in [2.45, 2.75) is 70.3 Å². The molecule has 2 aliphatic rings. The van der Waals surface area contributed by atoms with E-state index in [1.807, 2.05) is 6.92 Å². The van der Waals surface area contributed by atoms with Gasteiger partial charge in [0.1, 0.15) is 0 Å². The van der Waals surface area contributed by atoms with Gasteiger partial charge in [-0.15, -0.1) is 0 Å². The normalized spacial score (nSPS) is 41.8. The fraction of sp³-hybridized carbons (Fsp3) is 0.923. The number of hydrogen-bond donors (Lipinski definition) is 1. The minimum absolute atomic E-state index is 0.204. The van der Waals surface area contributed by atoms with Crippen LogP contribution in [0, 0.1) is 0 Å². The summed E-state index contributed by atoms with van der Waals surface area (Å²) in [4.78, 5) is 14.5. The lowest BCUT2D eigenvalue weighted by Gasteiger charge is -2.42. The van der Waals surface area contributed by atoms with E-state index in [1.54, 1.807) is 7.11 Å². The second kappa shape index (κ2) is 4.58. The Morgan fingerprint density at radius 1 is 1.47 bits per heavy atom. The average Bonchev–Trinajstić information content (AvgIpc) is 2.53. The van der Waals surface area contributed by atoms with Crippen LogP contribution in [0.15, 0.2) is 0 Å². The van der Waals surface area contributed by atoms with Crippen molar-refractivity contribution in [3.63, 3.8) is 0 Å². The van der Waals surface area contributed by atoms with Gasteiger partial charge in [0, 0.05) is 13.2 Å². The van der Waals surface area contributed by atoms with Crippen LogP contribution in [-0.2, 0) is 9.53 Å². The number of amides is 1. The summed E-state index contributed by atoms with van der Waals surface area (Å²) in [6, 6.07) is 0.373. The molecule has 2 unspecified atom stereocenters.